The van der Waals surface area contributed by atoms with Crippen LogP contribution in [0.15, 0.2) is 36.4 Å². The molecule has 1 amide bonds. The first-order valence-electron chi connectivity index (χ1n) is 9.30. The number of hydrogen-bond acceptors (Lipinski definition) is 4. The lowest BCUT2D eigenvalue weighted by molar-refractivity contribution is -0.129. The summed E-state index contributed by atoms with van der Waals surface area (Å²) in [4.78, 5) is 16.6. The molecule has 2 fully saturated rings. The van der Waals surface area contributed by atoms with E-state index in [1.807, 2.05) is 35.2 Å². The molecule has 6 heteroatoms. The number of benzene rings is 1. The van der Waals surface area contributed by atoms with Crippen molar-refractivity contribution in [3.05, 3.63) is 47.0 Å². The van der Waals surface area contributed by atoms with Crippen LogP contribution >= 0.6 is 11.6 Å². The van der Waals surface area contributed by atoms with Gasteiger partial charge in [-0.1, -0.05) is 29.8 Å². The van der Waals surface area contributed by atoms with E-state index in [0.29, 0.717) is 24.5 Å². The minimum atomic E-state index is -0.368. The summed E-state index contributed by atoms with van der Waals surface area (Å²) in [5.41, 5.74) is 1.13. The molecule has 0 aromatic heterocycles. The lowest BCUT2D eigenvalue weighted by Crippen LogP contribution is -2.46. The summed E-state index contributed by atoms with van der Waals surface area (Å²) < 4.78 is 5.33. The van der Waals surface area contributed by atoms with Crippen LogP contribution in [0.2, 0.25) is 5.02 Å². The lowest BCUT2D eigenvalue weighted by atomic mass is 9.88. The Morgan fingerprint density at radius 1 is 1.23 bits per heavy atom. The Hall–Kier alpha value is -1.40. The highest BCUT2D eigenvalue weighted by Gasteiger charge is 2.29. The molecule has 1 aromatic carbocycles. The number of morpholine rings is 1. The number of likely N-dealkylation sites (tertiary alicyclic amines) is 1. The van der Waals surface area contributed by atoms with Crippen molar-refractivity contribution in [2.75, 3.05) is 45.9 Å². The summed E-state index contributed by atoms with van der Waals surface area (Å²) >= 11 is 5.93. The molecule has 0 radical (unpaired) electrons. The molecule has 2 aliphatic rings. The number of nitrogens with zero attached hydrogens (tertiary/aromatic N) is 2. The predicted molar refractivity (Wildman–Crippen MR) is 102 cm³/mol. The van der Waals surface area contributed by atoms with Crippen molar-refractivity contribution in [3.8, 4) is 0 Å². The zero-order valence-electron chi connectivity index (χ0n) is 15.0. The molecular formula is C20H27ClN2O3. The third-order valence-corrected chi connectivity index (χ3v) is 5.40. The zero-order chi connectivity index (χ0) is 18.4. The van der Waals surface area contributed by atoms with Crippen LogP contribution < -0.4 is 0 Å². The SMILES string of the molecule is O=C(/C=C/CN1CCOCC1)N1CC[C@@H](O)[C@H](Cc2ccc(Cl)cc2)C1. The Balaban J connectivity index is 1.51. The highest BCUT2D eigenvalue weighted by atomic mass is 35.5. The third-order valence-electron chi connectivity index (χ3n) is 5.14. The van der Waals surface area contributed by atoms with Gasteiger partial charge >= 0.3 is 0 Å². The van der Waals surface area contributed by atoms with E-state index in [1.54, 1.807) is 6.08 Å². The maximum Gasteiger partial charge on any atom is 0.246 e. The summed E-state index contributed by atoms with van der Waals surface area (Å²) in [7, 11) is 0. The van der Waals surface area contributed by atoms with E-state index in [9.17, 15) is 9.90 Å². The Kier molecular flexibility index (Phi) is 7.08. The highest BCUT2D eigenvalue weighted by molar-refractivity contribution is 6.30. The van der Waals surface area contributed by atoms with Crippen LogP contribution in [0.25, 0.3) is 0 Å². The van der Waals surface area contributed by atoms with Gasteiger partial charge in [0.15, 0.2) is 0 Å². The zero-order valence-corrected chi connectivity index (χ0v) is 15.8. The summed E-state index contributed by atoms with van der Waals surface area (Å²) in [5, 5.41) is 11.0. The normalized spacial score (nSPS) is 24.9. The molecule has 0 unspecified atom stereocenters. The van der Waals surface area contributed by atoms with Crippen LogP contribution in [-0.4, -0.2) is 72.9 Å². The number of amides is 1. The van der Waals surface area contributed by atoms with Crippen LogP contribution in [0.3, 0.4) is 0 Å². The van der Waals surface area contributed by atoms with Gasteiger partial charge in [-0.2, -0.15) is 0 Å². The summed E-state index contributed by atoms with van der Waals surface area (Å²) in [6.07, 6.45) is 4.62. The first-order chi connectivity index (χ1) is 12.6. The largest absolute Gasteiger partial charge is 0.393 e. The Morgan fingerprint density at radius 2 is 1.96 bits per heavy atom. The van der Waals surface area contributed by atoms with Gasteiger partial charge < -0.3 is 14.7 Å². The van der Waals surface area contributed by atoms with E-state index in [-0.39, 0.29) is 17.9 Å². The number of aliphatic hydroxyl groups is 1. The lowest BCUT2D eigenvalue weighted by Gasteiger charge is -2.36. The fourth-order valence-electron chi connectivity index (χ4n) is 3.54. The minimum absolute atomic E-state index is 0.0336. The number of piperidine rings is 1. The molecule has 2 atom stereocenters. The Bertz CT molecular complexity index is 614. The molecule has 142 valence electrons. The van der Waals surface area contributed by atoms with Crippen LogP contribution in [0, 0.1) is 5.92 Å². The van der Waals surface area contributed by atoms with Crippen LogP contribution in [0.4, 0.5) is 0 Å². The highest BCUT2D eigenvalue weighted by Crippen LogP contribution is 2.22. The number of rotatable bonds is 5. The minimum Gasteiger partial charge on any atom is -0.393 e. The average molecular weight is 379 g/mol. The van der Waals surface area contributed by atoms with Gasteiger partial charge in [-0.05, 0) is 30.5 Å². The van der Waals surface area contributed by atoms with Gasteiger partial charge in [-0.25, -0.2) is 0 Å². The number of halogens is 1. The fraction of sp³-hybridized carbons (Fsp3) is 0.550. The summed E-state index contributed by atoms with van der Waals surface area (Å²) in [6.45, 7) is 5.33. The van der Waals surface area contributed by atoms with Crippen molar-refractivity contribution in [3.63, 3.8) is 0 Å². The van der Waals surface area contributed by atoms with E-state index in [2.05, 4.69) is 4.90 Å². The Morgan fingerprint density at radius 3 is 2.69 bits per heavy atom. The number of carbonyl (C=O) groups excluding carboxylic acids is 1. The van der Waals surface area contributed by atoms with Gasteiger partial charge in [0.2, 0.25) is 5.91 Å². The topological polar surface area (TPSA) is 53.0 Å². The number of hydrogen-bond donors (Lipinski definition) is 1. The number of ether oxygens (including phenoxy) is 1. The summed E-state index contributed by atoms with van der Waals surface area (Å²) in [5.74, 6) is 0.0905. The molecule has 0 aliphatic carbocycles. The molecule has 5 nitrogen and oxygen atoms in total. The first-order valence-corrected chi connectivity index (χ1v) is 9.67. The van der Waals surface area contributed by atoms with Crippen molar-refractivity contribution in [1.82, 2.24) is 9.80 Å². The third kappa shape index (κ3) is 5.55. The van der Waals surface area contributed by atoms with Crippen molar-refractivity contribution in [1.29, 1.82) is 0 Å². The van der Waals surface area contributed by atoms with Crippen molar-refractivity contribution < 1.29 is 14.6 Å². The van der Waals surface area contributed by atoms with Crippen LogP contribution in [0.1, 0.15) is 12.0 Å². The van der Waals surface area contributed by atoms with E-state index in [0.717, 1.165) is 44.8 Å². The smallest absolute Gasteiger partial charge is 0.246 e. The first kappa shape index (κ1) is 19.4. The second-order valence-corrected chi connectivity index (χ2v) is 7.48. The van der Waals surface area contributed by atoms with Gasteiger partial charge in [0, 0.05) is 49.7 Å². The van der Waals surface area contributed by atoms with E-state index >= 15 is 0 Å². The molecule has 1 N–H and O–H groups in total. The second kappa shape index (κ2) is 9.51. The van der Waals surface area contributed by atoms with E-state index in [1.165, 1.54) is 0 Å². The molecular weight excluding hydrogens is 352 g/mol. The molecule has 2 saturated heterocycles. The van der Waals surface area contributed by atoms with Crippen molar-refractivity contribution >= 4 is 17.5 Å². The van der Waals surface area contributed by atoms with Crippen LogP contribution in [-0.2, 0) is 16.0 Å². The standard InChI is InChI=1S/C20H27ClN2O3/c21-18-5-3-16(4-6-18)14-17-15-23(9-7-19(17)24)20(25)2-1-8-22-10-12-26-13-11-22/h1-6,17,19,24H,7-15H2/b2-1+/t17-,19-/m1/s1. The van der Waals surface area contributed by atoms with Gasteiger partial charge in [-0.3, -0.25) is 9.69 Å². The van der Waals surface area contributed by atoms with E-state index < -0.39 is 0 Å². The quantitative estimate of drug-likeness (QED) is 0.796. The molecule has 0 saturated carbocycles. The molecule has 0 bridgehead atoms. The average Bonchev–Trinajstić information content (AvgIpc) is 2.66. The Labute approximate surface area is 160 Å². The summed E-state index contributed by atoms with van der Waals surface area (Å²) in [6, 6.07) is 7.70. The van der Waals surface area contributed by atoms with Gasteiger partial charge in [-0.15, -0.1) is 0 Å². The van der Waals surface area contributed by atoms with Crippen molar-refractivity contribution in [2.24, 2.45) is 5.92 Å². The van der Waals surface area contributed by atoms with Gasteiger partial charge in [0.05, 0.1) is 19.3 Å². The van der Waals surface area contributed by atoms with Gasteiger partial charge in [0.1, 0.15) is 0 Å². The predicted octanol–water partition coefficient (Wildman–Crippen LogP) is 1.98. The molecule has 0 spiro atoms. The molecule has 1 aromatic rings. The molecule has 2 aliphatic heterocycles. The molecule has 26 heavy (non-hydrogen) atoms. The number of carbonyl (C=O) groups is 1. The fourth-order valence-corrected chi connectivity index (χ4v) is 3.66. The van der Waals surface area contributed by atoms with Crippen molar-refractivity contribution in [2.45, 2.75) is 18.9 Å². The number of aliphatic hydroxyl groups excluding tert-OH is 1. The van der Waals surface area contributed by atoms with E-state index in [4.69, 9.17) is 16.3 Å². The van der Waals surface area contributed by atoms with Crippen LogP contribution in [0.5, 0.6) is 0 Å². The molecule has 3 rings (SSSR count). The second-order valence-electron chi connectivity index (χ2n) is 7.05. The van der Waals surface area contributed by atoms with Gasteiger partial charge in [0.25, 0.3) is 0 Å². The maximum atomic E-state index is 12.5. The monoisotopic (exact) mass is 378 g/mol. The maximum absolute atomic E-state index is 12.5. The molecule has 2 heterocycles.